The topological polar surface area (TPSA) is 66.5 Å². The van der Waals surface area contributed by atoms with Gasteiger partial charge in [-0.15, -0.1) is 0 Å². The van der Waals surface area contributed by atoms with Gasteiger partial charge in [0.25, 0.3) is 10.0 Å². The monoisotopic (exact) mass is 454 g/mol. The van der Waals surface area contributed by atoms with Crippen LogP contribution in [0.4, 0.5) is 10.1 Å². The third-order valence-electron chi connectivity index (χ3n) is 5.27. The van der Waals surface area contributed by atoms with Crippen LogP contribution in [0.25, 0.3) is 0 Å². The van der Waals surface area contributed by atoms with Crippen molar-refractivity contribution in [1.29, 1.82) is 0 Å². The van der Waals surface area contributed by atoms with E-state index in [0.717, 1.165) is 28.3 Å². The van der Waals surface area contributed by atoms with Crippen molar-refractivity contribution in [3.63, 3.8) is 0 Å². The van der Waals surface area contributed by atoms with E-state index in [-0.39, 0.29) is 10.6 Å². The average molecular weight is 455 g/mol. The molecule has 0 saturated carbocycles. The molecule has 0 aromatic heterocycles. The Kier molecular flexibility index (Phi) is 7.64. The lowest BCUT2D eigenvalue weighted by atomic mass is 10.0. The molecular formula is C25H27FN2O3S. The van der Waals surface area contributed by atoms with E-state index in [2.05, 4.69) is 37.4 Å². The highest BCUT2D eigenvalue weighted by Crippen LogP contribution is 2.24. The summed E-state index contributed by atoms with van der Waals surface area (Å²) in [6.07, 6.45) is 1.72. The van der Waals surface area contributed by atoms with Crippen molar-refractivity contribution in [3.05, 3.63) is 95.3 Å². The second-order valence-corrected chi connectivity index (χ2v) is 9.25. The summed E-state index contributed by atoms with van der Waals surface area (Å²) in [5, 5.41) is 2.84. The Balaban J connectivity index is 1.84. The number of halogens is 1. The fourth-order valence-corrected chi connectivity index (χ4v) is 4.87. The summed E-state index contributed by atoms with van der Waals surface area (Å²) in [4.78, 5) is 12.9. The van der Waals surface area contributed by atoms with Gasteiger partial charge in [-0.25, -0.2) is 12.8 Å². The highest BCUT2D eigenvalue weighted by molar-refractivity contribution is 7.92. The van der Waals surface area contributed by atoms with E-state index in [1.165, 1.54) is 42.0 Å². The first-order valence-corrected chi connectivity index (χ1v) is 12.0. The van der Waals surface area contributed by atoms with Crippen LogP contribution in [0.1, 0.15) is 30.5 Å². The van der Waals surface area contributed by atoms with Crippen molar-refractivity contribution in [1.82, 2.24) is 5.32 Å². The van der Waals surface area contributed by atoms with Gasteiger partial charge in [-0.3, -0.25) is 9.10 Å². The first-order chi connectivity index (χ1) is 15.3. The number of carbonyl (C=O) groups is 1. The lowest BCUT2D eigenvalue weighted by molar-refractivity contribution is -0.119. The van der Waals surface area contributed by atoms with Crippen LogP contribution in [0, 0.1) is 5.82 Å². The zero-order chi connectivity index (χ0) is 23.1. The molecule has 7 heteroatoms. The average Bonchev–Trinajstić information content (AvgIpc) is 2.82. The number of benzene rings is 3. The number of carbonyl (C=O) groups excluding carboxylic acids is 1. The molecule has 5 nitrogen and oxygen atoms in total. The fourth-order valence-electron chi connectivity index (χ4n) is 3.43. The van der Waals surface area contributed by atoms with Crippen molar-refractivity contribution in [2.45, 2.75) is 38.1 Å². The minimum Gasteiger partial charge on any atom is -0.350 e. The Morgan fingerprint density at radius 3 is 2.22 bits per heavy atom. The van der Waals surface area contributed by atoms with E-state index >= 15 is 0 Å². The van der Waals surface area contributed by atoms with Gasteiger partial charge >= 0.3 is 0 Å². The molecule has 0 bridgehead atoms. The van der Waals surface area contributed by atoms with Crippen LogP contribution in [-0.4, -0.2) is 20.9 Å². The van der Waals surface area contributed by atoms with Crippen LogP contribution in [0.3, 0.4) is 0 Å². The molecule has 3 aromatic carbocycles. The van der Waals surface area contributed by atoms with Gasteiger partial charge in [-0.05, 0) is 65.9 Å². The van der Waals surface area contributed by atoms with Crippen LogP contribution in [0.2, 0.25) is 0 Å². The quantitative estimate of drug-likeness (QED) is 0.519. The van der Waals surface area contributed by atoms with E-state index in [1.54, 1.807) is 18.2 Å². The number of rotatable bonds is 9. The fraction of sp³-hybridized carbons (Fsp3) is 0.240. The zero-order valence-corrected chi connectivity index (χ0v) is 19.0. The largest absolute Gasteiger partial charge is 0.350 e. The van der Waals surface area contributed by atoms with E-state index < -0.39 is 28.3 Å². The number of sulfonamides is 1. The van der Waals surface area contributed by atoms with Gasteiger partial charge in [-0.2, -0.15) is 0 Å². The molecule has 3 aromatic rings. The van der Waals surface area contributed by atoms with Gasteiger partial charge in [0.15, 0.2) is 0 Å². The first kappa shape index (κ1) is 23.5. The molecule has 0 radical (unpaired) electrons. The number of amides is 1. The van der Waals surface area contributed by atoms with E-state index in [0.29, 0.717) is 6.54 Å². The van der Waals surface area contributed by atoms with E-state index in [9.17, 15) is 17.6 Å². The van der Waals surface area contributed by atoms with Crippen LogP contribution in [0.5, 0.6) is 0 Å². The maximum Gasteiger partial charge on any atom is 0.264 e. The predicted molar refractivity (Wildman–Crippen MR) is 124 cm³/mol. The van der Waals surface area contributed by atoms with Crippen LogP contribution in [0.15, 0.2) is 77.7 Å². The molecule has 3 rings (SSSR count). The standard InChI is InChI=1S/C25H27FN2O3S/c1-3-19-10-11-20(4-2)21(16-19)17-27-25(29)18-28(23-14-12-22(26)13-15-23)32(30,31)24-8-6-5-7-9-24/h5-16H,3-4,17-18H2,1-2H3,(H,27,29). The van der Waals surface area contributed by atoms with Gasteiger partial charge < -0.3 is 5.32 Å². The summed E-state index contributed by atoms with van der Waals surface area (Å²) >= 11 is 0. The Morgan fingerprint density at radius 1 is 0.906 bits per heavy atom. The lowest BCUT2D eigenvalue weighted by Gasteiger charge is -2.24. The summed E-state index contributed by atoms with van der Waals surface area (Å²) in [6.45, 7) is 4.00. The highest BCUT2D eigenvalue weighted by atomic mass is 32.2. The maximum absolute atomic E-state index is 13.4. The van der Waals surface area contributed by atoms with Crippen molar-refractivity contribution >= 4 is 21.6 Å². The van der Waals surface area contributed by atoms with Gasteiger partial charge in [0.1, 0.15) is 12.4 Å². The number of aryl methyl sites for hydroxylation is 2. The molecular weight excluding hydrogens is 427 g/mol. The van der Waals surface area contributed by atoms with Crippen LogP contribution in [-0.2, 0) is 34.2 Å². The molecule has 0 aliphatic rings. The Hall–Kier alpha value is -3.19. The Labute approximate surface area is 188 Å². The Bertz CT molecular complexity index is 1160. The molecule has 168 valence electrons. The number of nitrogens with zero attached hydrogens (tertiary/aromatic N) is 1. The van der Waals surface area contributed by atoms with Gasteiger partial charge in [0.2, 0.25) is 5.91 Å². The SMILES string of the molecule is CCc1ccc(CC)c(CNC(=O)CN(c2ccc(F)cc2)S(=O)(=O)c2ccccc2)c1. The molecule has 0 spiro atoms. The Morgan fingerprint density at radius 2 is 1.59 bits per heavy atom. The molecule has 0 aliphatic heterocycles. The third kappa shape index (κ3) is 5.53. The van der Waals surface area contributed by atoms with Crippen LogP contribution < -0.4 is 9.62 Å². The number of anilines is 1. The molecule has 0 heterocycles. The maximum atomic E-state index is 13.4. The summed E-state index contributed by atoms with van der Waals surface area (Å²) < 4.78 is 41.0. The van der Waals surface area contributed by atoms with Crippen molar-refractivity contribution in [2.75, 3.05) is 10.8 Å². The second-order valence-electron chi connectivity index (χ2n) is 7.39. The zero-order valence-electron chi connectivity index (χ0n) is 18.2. The van der Waals surface area contributed by atoms with Crippen molar-refractivity contribution in [2.24, 2.45) is 0 Å². The molecule has 1 amide bonds. The number of hydrogen-bond acceptors (Lipinski definition) is 3. The molecule has 1 N–H and O–H groups in total. The van der Waals surface area contributed by atoms with E-state index in [1.807, 2.05) is 0 Å². The van der Waals surface area contributed by atoms with Crippen molar-refractivity contribution < 1.29 is 17.6 Å². The highest BCUT2D eigenvalue weighted by Gasteiger charge is 2.27. The van der Waals surface area contributed by atoms with Gasteiger partial charge in [0.05, 0.1) is 10.6 Å². The molecule has 0 aliphatic carbocycles. The molecule has 32 heavy (non-hydrogen) atoms. The molecule has 0 saturated heterocycles. The number of nitrogens with one attached hydrogen (secondary N) is 1. The molecule has 0 unspecified atom stereocenters. The lowest BCUT2D eigenvalue weighted by Crippen LogP contribution is -2.40. The smallest absolute Gasteiger partial charge is 0.264 e. The molecule has 0 fully saturated rings. The summed E-state index contributed by atoms with van der Waals surface area (Å²) in [5.41, 5.74) is 3.54. The molecule has 0 atom stereocenters. The summed E-state index contributed by atoms with van der Waals surface area (Å²) in [5.74, 6) is -0.934. The van der Waals surface area contributed by atoms with Crippen LogP contribution >= 0.6 is 0 Å². The summed E-state index contributed by atoms with van der Waals surface area (Å²) in [7, 11) is -4.02. The second kappa shape index (κ2) is 10.4. The van der Waals surface area contributed by atoms with Gasteiger partial charge in [-0.1, -0.05) is 50.2 Å². The summed E-state index contributed by atoms with van der Waals surface area (Å²) in [6, 6.07) is 19.1. The third-order valence-corrected chi connectivity index (χ3v) is 7.06. The van der Waals surface area contributed by atoms with E-state index in [4.69, 9.17) is 0 Å². The first-order valence-electron chi connectivity index (χ1n) is 10.6. The minimum atomic E-state index is -4.02. The van der Waals surface area contributed by atoms with Crippen molar-refractivity contribution in [3.8, 4) is 0 Å². The normalized spacial score (nSPS) is 11.2. The number of hydrogen-bond donors (Lipinski definition) is 1. The van der Waals surface area contributed by atoms with Gasteiger partial charge in [0, 0.05) is 6.54 Å². The predicted octanol–water partition coefficient (Wildman–Crippen LogP) is 4.46. The minimum absolute atomic E-state index is 0.0565.